The number of benzene rings is 3. The Morgan fingerprint density at radius 2 is 1.41 bits per heavy atom. The fraction of sp³-hybridized carbons (Fsp3) is 0.185. The van der Waals surface area contributed by atoms with Gasteiger partial charge in [-0.05, 0) is 55.0 Å². The molecule has 12 heteroatoms. The van der Waals surface area contributed by atoms with Gasteiger partial charge in [0.25, 0.3) is 11.8 Å². The second kappa shape index (κ2) is 10.4. The lowest BCUT2D eigenvalue weighted by atomic mass is 10.1. The van der Waals surface area contributed by atoms with Gasteiger partial charge in [-0.25, -0.2) is 4.90 Å². The van der Waals surface area contributed by atoms with Crippen LogP contribution >= 0.6 is 46.4 Å². The lowest BCUT2D eigenvalue weighted by Crippen LogP contribution is -2.30. The molecule has 0 saturated carbocycles. The Kier molecular flexibility index (Phi) is 7.24. The first-order chi connectivity index (χ1) is 18.5. The van der Waals surface area contributed by atoms with Crippen LogP contribution in [0.5, 0.6) is 11.5 Å². The normalized spacial score (nSPS) is 16.7. The molecule has 0 aromatic heterocycles. The number of rotatable bonds is 5. The van der Waals surface area contributed by atoms with Crippen LogP contribution in [0.4, 0.5) is 11.4 Å². The van der Waals surface area contributed by atoms with Crippen molar-refractivity contribution in [2.24, 2.45) is 5.92 Å². The second-order valence-corrected chi connectivity index (χ2v) is 10.4. The molecular formula is C27H18Cl4N2O6. The van der Waals surface area contributed by atoms with Crippen molar-refractivity contribution in [2.45, 2.75) is 13.3 Å². The number of anilines is 2. The van der Waals surface area contributed by atoms with Gasteiger partial charge >= 0.3 is 5.97 Å². The minimum atomic E-state index is -0.712. The van der Waals surface area contributed by atoms with Gasteiger partial charge in [-0.2, -0.15) is 0 Å². The van der Waals surface area contributed by atoms with Crippen LogP contribution in [0.3, 0.4) is 0 Å². The molecule has 3 aromatic carbocycles. The van der Waals surface area contributed by atoms with Crippen molar-refractivity contribution in [1.82, 2.24) is 0 Å². The third-order valence-corrected chi connectivity index (χ3v) is 8.37. The molecule has 0 spiro atoms. The van der Waals surface area contributed by atoms with Crippen LogP contribution in [0.25, 0.3) is 0 Å². The molecule has 8 nitrogen and oxygen atoms in total. The zero-order chi connectivity index (χ0) is 28.2. The summed E-state index contributed by atoms with van der Waals surface area (Å²) in [5.41, 5.74) is 1.08. The number of hydrogen-bond acceptors (Lipinski definition) is 6. The van der Waals surface area contributed by atoms with E-state index in [2.05, 4.69) is 0 Å². The van der Waals surface area contributed by atoms with Crippen molar-refractivity contribution < 1.29 is 28.7 Å². The lowest BCUT2D eigenvalue weighted by molar-refractivity contribution is -0.139. The summed E-state index contributed by atoms with van der Waals surface area (Å²) in [6.07, 6.45) is 0.00358. The molecule has 0 unspecified atom stereocenters. The number of carbonyl (C=O) groups excluding carboxylic acids is 4. The topological polar surface area (TPSA) is 93.2 Å². The maximum absolute atomic E-state index is 13.2. The van der Waals surface area contributed by atoms with E-state index < -0.39 is 23.7 Å². The Morgan fingerprint density at radius 3 is 1.95 bits per heavy atom. The van der Waals surface area contributed by atoms with Crippen molar-refractivity contribution >= 4 is 81.5 Å². The fourth-order valence-corrected chi connectivity index (χ4v) is 5.60. The summed E-state index contributed by atoms with van der Waals surface area (Å²) in [7, 11) is 1.55. The van der Waals surface area contributed by atoms with E-state index in [9.17, 15) is 19.2 Å². The summed E-state index contributed by atoms with van der Waals surface area (Å²) in [5.74, 6) is -2.02. The van der Waals surface area contributed by atoms with E-state index in [1.807, 2.05) is 0 Å². The van der Waals surface area contributed by atoms with Crippen LogP contribution in [0, 0.1) is 12.8 Å². The molecular weight excluding hydrogens is 590 g/mol. The quantitative estimate of drug-likeness (QED) is 0.110. The van der Waals surface area contributed by atoms with E-state index in [4.69, 9.17) is 55.9 Å². The average molecular weight is 608 g/mol. The molecule has 0 aliphatic carbocycles. The highest BCUT2D eigenvalue weighted by atomic mass is 35.5. The maximum atomic E-state index is 13.2. The van der Waals surface area contributed by atoms with E-state index in [1.54, 1.807) is 38.3 Å². The van der Waals surface area contributed by atoms with Crippen molar-refractivity contribution in [3.05, 3.63) is 79.2 Å². The summed E-state index contributed by atoms with van der Waals surface area (Å²) in [6, 6.07) is 11.4. The number of fused-ring (bicyclic) bond motifs is 1. The molecule has 3 aromatic rings. The first-order valence-electron chi connectivity index (χ1n) is 11.5. The maximum Gasteiger partial charge on any atom is 0.316 e. The van der Waals surface area contributed by atoms with Crippen LogP contribution in [-0.2, 0) is 9.59 Å². The molecule has 0 radical (unpaired) electrons. The summed E-state index contributed by atoms with van der Waals surface area (Å²) >= 11 is 24.6. The standard InChI is InChI=1S/C27H18Cl4N2O6/c1-12-9-16(39-27(37)13-10-18(34)32(11-13)14-3-5-15(38-2)6-4-14)7-8-17(12)33-25(35)19-20(26(33)36)22(29)24(31)23(30)21(19)28/h3-9,13H,10-11H2,1-2H3/t13-/m1/s1. The average Bonchev–Trinajstić information content (AvgIpc) is 3.43. The first kappa shape index (κ1) is 27.3. The summed E-state index contributed by atoms with van der Waals surface area (Å²) < 4.78 is 10.7. The van der Waals surface area contributed by atoms with Gasteiger partial charge in [-0.15, -0.1) is 0 Å². The van der Waals surface area contributed by atoms with Crippen molar-refractivity contribution in [2.75, 3.05) is 23.5 Å². The number of methoxy groups -OCH3 is 1. The van der Waals surface area contributed by atoms with Crippen LogP contribution < -0.4 is 19.3 Å². The fourth-order valence-electron chi connectivity index (χ4n) is 4.59. The van der Waals surface area contributed by atoms with Crippen molar-refractivity contribution in [3.8, 4) is 11.5 Å². The Morgan fingerprint density at radius 1 is 0.846 bits per heavy atom. The van der Waals surface area contributed by atoms with Gasteiger partial charge in [0.15, 0.2) is 0 Å². The zero-order valence-electron chi connectivity index (χ0n) is 20.4. The number of aryl methyl sites for hydroxylation is 1. The highest BCUT2D eigenvalue weighted by molar-refractivity contribution is 6.56. The largest absolute Gasteiger partial charge is 0.497 e. The van der Waals surface area contributed by atoms with Crippen LogP contribution in [-0.4, -0.2) is 37.3 Å². The Hall–Kier alpha value is -3.30. The van der Waals surface area contributed by atoms with Gasteiger partial charge in [-0.1, -0.05) is 46.4 Å². The number of hydrogen-bond donors (Lipinski definition) is 0. The molecule has 0 N–H and O–H groups in total. The first-order valence-corrected chi connectivity index (χ1v) is 13.1. The molecule has 3 amide bonds. The number of nitrogens with zero attached hydrogens (tertiary/aromatic N) is 2. The molecule has 2 aliphatic rings. The molecule has 1 fully saturated rings. The zero-order valence-corrected chi connectivity index (χ0v) is 23.4. The van der Waals surface area contributed by atoms with Crippen molar-refractivity contribution in [3.63, 3.8) is 0 Å². The van der Waals surface area contributed by atoms with E-state index in [-0.39, 0.29) is 61.5 Å². The number of ether oxygens (including phenoxy) is 2. The van der Waals surface area contributed by atoms with E-state index in [0.717, 1.165) is 4.90 Å². The third-order valence-electron chi connectivity index (χ3n) is 6.57. The predicted octanol–water partition coefficient (Wildman–Crippen LogP) is 6.38. The number of esters is 1. The molecule has 1 atom stereocenters. The van der Waals surface area contributed by atoms with Gasteiger partial charge in [0.1, 0.15) is 11.5 Å². The molecule has 5 rings (SSSR count). The number of halogens is 4. The molecule has 2 aliphatic heterocycles. The highest BCUT2D eigenvalue weighted by Crippen LogP contribution is 2.46. The summed E-state index contributed by atoms with van der Waals surface area (Å²) in [4.78, 5) is 54.3. The lowest BCUT2D eigenvalue weighted by Gasteiger charge is -2.18. The number of imide groups is 1. The van der Waals surface area contributed by atoms with Gasteiger partial charge in [-0.3, -0.25) is 19.2 Å². The molecule has 39 heavy (non-hydrogen) atoms. The Balaban J connectivity index is 1.33. The van der Waals surface area contributed by atoms with E-state index >= 15 is 0 Å². The minimum Gasteiger partial charge on any atom is -0.497 e. The second-order valence-electron chi connectivity index (χ2n) is 8.92. The third kappa shape index (κ3) is 4.61. The molecule has 0 bridgehead atoms. The van der Waals surface area contributed by atoms with Crippen molar-refractivity contribution in [1.29, 1.82) is 0 Å². The van der Waals surface area contributed by atoms with Gasteiger partial charge in [0.2, 0.25) is 5.91 Å². The van der Waals surface area contributed by atoms with Gasteiger partial charge in [0.05, 0.1) is 49.9 Å². The minimum absolute atomic E-state index is 0.00358. The number of amides is 3. The number of carbonyl (C=O) groups is 4. The summed E-state index contributed by atoms with van der Waals surface area (Å²) in [6.45, 7) is 1.81. The molecule has 2 heterocycles. The van der Waals surface area contributed by atoms with Crippen LogP contribution in [0.15, 0.2) is 42.5 Å². The predicted molar refractivity (Wildman–Crippen MR) is 148 cm³/mol. The van der Waals surface area contributed by atoms with Crippen LogP contribution in [0.2, 0.25) is 20.1 Å². The van der Waals surface area contributed by atoms with Crippen LogP contribution in [0.1, 0.15) is 32.7 Å². The van der Waals surface area contributed by atoms with E-state index in [0.29, 0.717) is 17.0 Å². The smallest absolute Gasteiger partial charge is 0.316 e. The van der Waals surface area contributed by atoms with Gasteiger partial charge in [0, 0.05) is 18.7 Å². The monoisotopic (exact) mass is 606 g/mol. The highest BCUT2D eigenvalue weighted by Gasteiger charge is 2.43. The Labute approximate surface area is 242 Å². The van der Waals surface area contributed by atoms with Gasteiger partial charge < -0.3 is 14.4 Å². The SMILES string of the molecule is COc1ccc(N2C[C@H](C(=O)Oc3ccc(N4C(=O)c5c(Cl)c(Cl)c(Cl)c(Cl)c5C4=O)c(C)c3)CC2=O)cc1. The summed E-state index contributed by atoms with van der Waals surface area (Å²) in [5, 5.41) is -0.583. The Bertz CT molecular complexity index is 1530. The van der Waals surface area contributed by atoms with E-state index in [1.165, 1.54) is 23.1 Å². The molecule has 200 valence electrons. The molecule has 1 saturated heterocycles.